The fourth-order valence-corrected chi connectivity index (χ4v) is 8.73. The Bertz CT molecular complexity index is 2020. The molecule has 7 heteroatoms. The maximum Gasteiger partial charge on any atom is 0.340 e. The number of esters is 1. The summed E-state index contributed by atoms with van der Waals surface area (Å²) in [4.78, 5) is 56.3. The Morgan fingerprint density at radius 2 is 1.24 bits per heavy atom. The van der Waals surface area contributed by atoms with Crippen molar-refractivity contribution in [2.24, 2.45) is 11.8 Å². The lowest BCUT2D eigenvalue weighted by atomic mass is 9.55. The third-order valence-electron chi connectivity index (χ3n) is 9.53. The molecular weight excluding hydrogens is 642 g/mol. The number of nitrogens with zero attached hydrogens (tertiary/aromatic N) is 1. The summed E-state index contributed by atoms with van der Waals surface area (Å²) in [6, 6.07) is 39.2. The van der Waals surface area contributed by atoms with Crippen LogP contribution in [0.3, 0.4) is 0 Å². The summed E-state index contributed by atoms with van der Waals surface area (Å²) in [5.74, 6) is -3.55. The molecule has 1 heterocycles. The third kappa shape index (κ3) is 4.08. The van der Waals surface area contributed by atoms with E-state index in [9.17, 15) is 19.2 Å². The van der Waals surface area contributed by atoms with Gasteiger partial charge in [-0.2, -0.15) is 0 Å². The minimum atomic E-state index is -0.904. The summed E-state index contributed by atoms with van der Waals surface area (Å²) in [6.45, 7) is -0.484. The van der Waals surface area contributed by atoms with Crippen molar-refractivity contribution in [3.8, 4) is 11.1 Å². The van der Waals surface area contributed by atoms with E-state index in [1.165, 1.54) is 6.07 Å². The minimum Gasteiger partial charge on any atom is -0.454 e. The predicted molar refractivity (Wildman–Crippen MR) is 177 cm³/mol. The number of ketones is 1. The highest BCUT2D eigenvalue weighted by Crippen LogP contribution is 2.66. The van der Waals surface area contributed by atoms with Crippen LogP contribution in [0.1, 0.15) is 48.9 Å². The van der Waals surface area contributed by atoms with Crippen LogP contribution in [0.5, 0.6) is 0 Å². The van der Waals surface area contributed by atoms with Crippen molar-refractivity contribution in [1.82, 2.24) is 0 Å². The Hall–Kier alpha value is -5.14. The number of amides is 2. The van der Waals surface area contributed by atoms with Crippen LogP contribution in [0.4, 0.5) is 5.69 Å². The number of hydrogen-bond acceptors (Lipinski definition) is 5. The van der Waals surface area contributed by atoms with Crippen molar-refractivity contribution in [1.29, 1.82) is 0 Å². The molecule has 46 heavy (non-hydrogen) atoms. The van der Waals surface area contributed by atoms with Gasteiger partial charge in [0, 0.05) is 11.5 Å². The van der Waals surface area contributed by atoms with E-state index < -0.39 is 28.7 Å². The molecule has 0 N–H and O–H groups in total. The zero-order chi connectivity index (χ0) is 31.6. The minimum absolute atomic E-state index is 0.0427. The fourth-order valence-electron chi connectivity index (χ4n) is 7.53. The molecule has 2 bridgehead atoms. The van der Waals surface area contributed by atoms with Gasteiger partial charge in [-0.1, -0.05) is 131 Å². The van der Waals surface area contributed by atoms with E-state index in [1.54, 1.807) is 30.3 Å². The Labute approximate surface area is 273 Å². The number of Topliss-reactive ketones (excluding diaryl/α,β-unsaturated/α-hetero) is 1. The molecule has 0 aromatic heterocycles. The highest BCUT2D eigenvalue weighted by Gasteiger charge is 2.67. The average molecular weight is 669 g/mol. The number of halogens is 1. The highest BCUT2D eigenvalue weighted by molar-refractivity contribution is 9.09. The molecule has 0 radical (unpaired) electrons. The van der Waals surface area contributed by atoms with Crippen molar-refractivity contribution in [2.45, 2.75) is 10.2 Å². The second-order valence-electron chi connectivity index (χ2n) is 11.8. The molecule has 0 saturated carbocycles. The molecule has 0 unspecified atom stereocenters. The molecule has 4 aliphatic rings. The van der Waals surface area contributed by atoms with Gasteiger partial charge in [-0.05, 0) is 45.5 Å². The van der Waals surface area contributed by atoms with Gasteiger partial charge in [0.05, 0.1) is 27.4 Å². The van der Waals surface area contributed by atoms with Gasteiger partial charge < -0.3 is 4.74 Å². The Balaban J connectivity index is 1.07. The Morgan fingerprint density at radius 3 is 1.91 bits per heavy atom. The van der Waals surface area contributed by atoms with Crippen molar-refractivity contribution in [3.63, 3.8) is 0 Å². The number of imide groups is 1. The molecule has 2 atom stereocenters. The molecule has 0 spiro atoms. The van der Waals surface area contributed by atoms with Gasteiger partial charge in [0.1, 0.15) is 0 Å². The molecule has 6 nitrogen and oxygen atoms in total. The van der Waals surface area contributed by atoms with Crippen LogP contribution in [-0.2, 0) is 18.7 Å². The number of para-hydroxylation sites is 1. The van der Waals surface area contributed by atoms with E-state index in [0.717, 1.165) is 38.3 Å². The van der Waals surface area contributed by atoms with Crippen LogP contribution in [0, 0.1) is 11.8 Å². The normalized spacial score (nSPS) is 22.2. The summed E-state index contributed by atoms with van der Waals surface area (Å²) in [5, 5.41) is 0. The van der Waals surface area contributed by atoms with Crippen molar-refractivity contribution >= 4 is 45.2 Å². The number of carbonyl (C=O) groups excluding carboxylic acids is 4. The summed E-state index contributed by atoms with van der Waals surface area (Å²) in [5.41, 5.74) is 6.59. The number of carbonyl (C=O) groups is 4. The van der Waals surface area contributed by atoms with Crippen molar-refractivity contribution < 1.29 is 23.9 Å². The van der Waals surface area contributed by atoms with Gasteiger partial charge in [0.15, 0.2) is 12.4 Å². The van der Waals surface area contributed by atoms with E-state index in [1.807, 2.05) is 91.0 Å². The number of alkyl halides is 1. The second-order valence-corrected chi connectivity index (χ2v) is 13.1. The highest BCUT2D eigenvalue weighted by atomic mass is 79.9. The first-order chi connectivity index (χ1) is 22.4. The number of anilines is 1. The van der Waals surface area contributed by atoms with Crippen molar-refractivity contribution in [3.05, 3.63) is 161 Å². The molecule has 1 saturated heterocycles. The topological polar surface area (TPSA) is 80.8 Å². The van der Waals surface area contributed by atoms with Crippen LogP contribution in [0.25, 0.3) is 11.1 Å². The maximum atomic E-state index is 14.4. The number of rotatable bonds is 6. The SMILES string of the molecule is O=C(COC(=O)c1ccccc1N1C(=O)[C@@H]2C3c4ccccc4C(Br)(c4ccccc43)[C@H]2C1=O)c1ccc(-c2ccccc2)cc1. The van der Waals surface area contributed by atoms with E-state index >= 15 is 0 Å². The van der Waals surface area contributed by atoms with E-state index in [2.05, 4.69) is 15.9 Å². The van der Waals surface area contributed by atoms with Crippen LogP contribution < -0.4 is 4.90 Å². The number of benzene rings is 5. The fraction of sp³-hybridized carbons (Fsp3) is 0.128. The van der Waals surface area contributed by atoms with Gasteiger partial charge >= 0.3 is 5.97 Å². The monoisotopic (exact) mass is 667 g/mol. The average Bonchev–Trinajstić information content (AvgIpc) is 3.38. The molecular formula is C39H26BrNO5. The lowest BCUT2D eigenvalue weighted by Gasteiger charge is -2.51. The van der Waals surface area contributed by atoms with E-state index in [0.29, 0.717) is 5.56 Å². The van der Waals surface area contributed by atoms with Crippen LogP contribution in [0.2, 0.25) is 0 Å². The molecule has 3 aliphatic carbocycles. The van der Waals surface area contributed by atoms with Gasteiger partial charge in [0.25, 0.3) is 0 Å². The molecule has 5 aromatic carbocycles. The van der Waals surface area contributed by atoms with Gasteiger partial charge in [-0.25, -0.2) is 9.69 Å². The lowest BCUT2D eigenvalue weighted by molar-refractivity contribution is -0.122. The summed E-state index contributed by atoms with van der Waals surface area (Å²) < 4.78 is 4.57. The molecule has 9 rings (SSSR count). The van der Waals surface area contributed by atoms with Gasteiger partial charge in [0.2, 0.25) is 11.8 Å². The molecule has 224 valence electrons. The molecule has 5 aromatic rings. The quantitative estimate of drug-likeness (QED) is 0.0822. The van der Waals surface area contributed by atoms with Gasteiger partial charge in [-0.15, -0.1) is 0 Å². The summed E-state index contributed by atoms with van der Waals surface area (Å²) in [7, 11) is 0. The largest absolute Gasteiger partial charge is 0.454 e. The standard InChI is InChI=1S/C39H26BrNO5/c40-39-29-15-7-4-12-26(29)33(27-13-5-8-16-30(27)39)34-35(39)37(44)41(36(34)43)31-17-9-6-14-28(31)38(45)46-22-32(42)25-20-18-24(19-21-25)23-10-2-1-3-11-23/h1-21,33-35H,22H2/t33?,34-,35-,39?/m1/s1. The predicted octanol–water partition coefficient (Wildman–Crippen LogP) is 7.30. The van der Waals surface area contributed by atoms with Crippen LogP contribution >= 0.6 is 15.9 Å². The zero-order valence-corrected chi connectivity index (χ0v) is 26.0. The summed E-state index contributed by atoms with van der Waals surface area (Å²) >= 11 is 4.00. The molecule has 1 fully saturated rings. The van der Waals surface area contributed by atoms with E-state index in [-0.39, 0.29) is 34.8 Å². The smallest absolute Gasteiger partial charge is 0.340 e. The number of hydrogen-bond donors (Lipinski definition) is 0. The second kappa shape index (κ2) is 10.7. The third-order valence-corrected chi connectivity index (χ3v) is 10.9. The zero-order valence-electron chi connectivity index (χ0n) is 24.4. The first kappa shape index (κ1) is 28.3. The number of ether oxygens (including phenoxy) is 1. The lowest BCUT2D eigenvalue weighted by Crippen LogP contribution is -2.50. The molecule has 2 amide bonds. The van der Waals surface area contributed by atoms with Crippen molar-refractivity contribution in [2.75, 3.05) is 11.5 Å². The van der Waals surface area contributed by atoms with Crippen LogP contribution in [-0.4, -0.2) is 30.2 Å². The van der Waals surface area contributed by atoms with Crippen LogP contribution in [0.15, 0.2) is 127 Å². The maximum absolute atomic E-state index is 14.4. The van der Waals surface area contributed by atoms with E-state index in [4.69, 9.17) is 4.74 Å². The first-order valence-corrected chi connectivity index (χ1v) is 15.9. The first-order valence-electron chi connectivity index (χ1n) is 15.1. The molecule has 1 aliphatic heterocycles. The Kier molecular flexibility index (Phi) is 6.62. The Morgan fingerprint density at radius 1 is 0.674 bits per heavy atom. The summed E-state index contributed by atoms with van der Waals surface area (Å²) in [6.07, 6.45) is 0. The van der Waals surface area contributed by atoms with Gasteiger partial charge in [-0.3, -0.25) is 14.4 Å².